The first kappa shape index (κ1) is 14.3. The topological polar surface area (TPSA) is 82.3 Å². The highest BCUT2D eigenvalue weighted by atomic mass is 16.6. The summed E-state index contributed by atoms with van der Waals surface area (Å²) in [4.78, 5) is 8.81. The first-order valence-corrected chi connectivity index (χ1v) is 7.63. The highest BCUT2D eigenvalue weighted by molar-refractivity contribution is 5.66. The summed E-state index contributed by atoms with van der Waals surface area (Å²) in [5.41, 5.74) is 9.13. The molecule has 0 radical (unpaired) electrons. The summed E-state index contributed by atoms with van der Waals surface area (Å²) >= 11 is 0. The number of nitrogens with two attached hydrogens (primary N) is 1. The van der Waals surface area contributed by atoms with Crippen LogP contribution >= 0.6 is 0 Å². The third-order valence-corrected chi connectivity index (χ3v) is 3.64. The summed E-state index contributed by atoms with van der Waals surface area (Å²) in [6, 6.07) is 15.1. The van der Waals surface area contributed by atoms with Gasteiger partial charge in [0.1, 0.15) is 13.2 Å². The zero-order valence-electron chi connectivity index (χ0n) is 12.9. The van der Waals surface area contributed by atoms with E-state index in [4.69, 9.17) is 15.2 Å². The van der Waals surface area contributed by atoms with E-state index < -0.39 is 0 Å². The smallest absolute Gasteiger partial charge is 0.227 e. The van der Waals surface area contributed by atoms with Gasteiger partial charge in [-0.2, -0.15) is 0 Å². The van der Waals surface area contributed by atoms with Gasteiger partial charge in [0.2, 0.25) is 5.95 Å². The molecule has 1 aliphatic rings. The minimum atomic E-state index is 0.506. The number of nitrogens with one attached hydrogen (secondary N) is 1. The molecule has 4 rings (SSSR count). The molecule has 1 aromatic heterocycles. The predicted octanol–water partition coefficient (Wildman–Crippen LogP) is 3.24. The number of nitrogens with zero attached hydrogens (tertiary/aromatic N) is 2. The van der Waals surface area contributed by atoms with E-state index in [1.54, 1.807) is 6.20 Å². The molecule has 0 atom stereocenters. The SMILES string of the molecule is Nc1cccc(-c2ccnc(Nc3ccc4c(c3)OCCO4)n2)c1. The first-order valence-electron chi connectivity index (χ1n) is 7.63. The van der Waals surface area contributed by atoms with Gasteiger partial charge in [-0.1, -0.05) is 12.1 Å². The average molecular weight is 320 g/mol. The summed E-state index contributed by atoms with van der Waals surface area (Å²) in [7, 11) is 0. The standard InChI is InChI=1S/C18H16N4O2/c19-13-3-1-2-12(10-13)15-6-7-20-18(22-15)21-14-4-5-16-17(11-14)24-9-8-23-16/h1-7,10-11H,8-9,19H2,(H,20,21,22). The Morgan fingerprint density at radius 3 is 2.71 bits per heavy atom. The van der Waals surface area contributed by atoms with E-state index in [0.717, 1.165) is 28.4 Å². The maximum atomic E-state index is 5.84. The van der Waals surface area contributed by atoms with Crippen LogP contribution in [-0.2, 0) is 0 Å². The largest absolute Gasteiger partial charge is 0.486 e. The van der Waals surface area contributed by atoms with Crippen LogP contribution in [0.25, 0.3) is 11.3 Å². The van der Waals surface area contributed by atoms with Crippen LogP contribution in [0.2, 0.25) is 0 Å². The summed E-state index contributed by atoms with van der Waals surface area (Å²) < 4.78 is 11.1. The number of aromatic nitrogens is 2. The molecule has 120 valence electrons. The van der Waals surface area contributed by atoms with E-state index in [-0.39, 0.29) is 0 Å². The molecule has 0 saturated carbocycles. The van der Waals surface area contributed by atoms with Crippen molar-refractivity contribution in [3.05, 3.63) is 54.7 Å². The lowest BCUT2D eigenvalue weighted by molar-refractivity contribution is 0.171. The Bertz CT molecular complexity index is 882. The Balaban J connectivity index is 1.60. The fourth-order valence-corrected chi connectivity index (χ4v) is 2.53. The van der Waals surface area contributed by atoms with Crippen molar-refractivity contribution in [1.82, 2.24) is 9.97 Å². The first-order chi connectivity index (χ1) is 11.8. The fourth-order valence-electron chi connectivity index (χ4n) is 2.53. The number of nitrogen functional groups attached to an aromatic ring is 1. The number of anilines is 3. The lowest BCUT2D eigenvalue weighted by atomic mass is 10.1. The third kappa shape index (κ3) is 2.94. The van der Waals surface area contributed by atoms with Crippen molar-refractivity contribution in [2.75, 3.05) is 24.3 Å². The molecule has 24 heavy (non-hydrogen) atoms. The van der Waals surface area contributed by atoms with E-state index in [2.05, 4.69) is 15.3 Å². The second-order valence-electron chi connectivity index (χ2n) is 5.37. The number of fused-ring (bicyclic) bond motifs is 1. The Labute approximate surface area is 139 Å². The molecule has 2 heterocycles. The van der Waals surface area contributed by atoms with Crippen molar-refractivity contribution >= 4 is 17.3 Å². The van der Waals surface area contributed by atoms with E-state index in [1.165, 1.54) is 0 Å². The molecular weight excluding hydrogens is 304 g/mol. The van der Waals surface area contributed by atoms with Gasteiger partial charge in [0.15, 0.2) is 11.5 Å². The van der Waals surface area contributed by atoms with Gasteiger partial charge in [-0.25, -0.2) is 9.97 Å². The van der Waals surface area contributed by atoms with E-state index >= 15 is 0 Å². The van der Waals surface area contributed by atoms with Gasteiger partial charge in [-0.05, 0) is 30.3 Å². The van der Waals surface area contributed by atoms with Crippen LogP contribution in [0.1, 0.15) is 0 Å². The molecule has 0 fully saturated rings. The van der Waals surface area contributed by atoms with Gasteiger partial charge in [-0.15, -0.1) is 0 Å². The maximum Gasteiger partial charge on any atom is 0.227 e. The van der Waals surface area contributed by atoms with Gasteiger partial charge in [0.05, 0.1) is 5.69 Å². The second kappa shape index (κ2) is 6.08. The van der Waals surface area contributed by atoms with Crippen molar-refractivity contribution < 1.29 is 9.47 Å². The van der Waals surface area contributed by atoms with Crippen molar-refractivity contribution in [2.24, 2.45) is 0 Å². The van der Waals surface area contributed by atoms with Crippen molar-refractivity contribution in [3.8, 4) is 22.8 Å². The van der Waals surface area contributed by atoms with Gasteiger partial charge >= 0.3 is 0 Å². The van der Waals surface area contributed by atoms with Gasteiger partial charge in [-0.3, -0.25) is 0 Å². The molecule has 0 aliphatic carbocycles. The Morgan fingerprint density at radius 2 is 1.83 bits per heavy atom. The Morgan fingerprint density at radius 1 is 0.958 bits per heavy atom. The molecular formula is C18H16N4O2. The summed E-state index contributed by atoms with van der Waals surface area (Å²) in [6.45, 7) is 1.13. The number of benzene rings is 2. The summed E-state index contributed by atoms with van der Waals surface area (Å²) in [6.07, 6.45) is 1.71. The molecule has 0 amide bonds. The molecule has 3 aromatic rings. The van der Waals surface area contributed by atoms with Crippen LogP contribution in [0.4, 0.5) is 17.3 Å². The predicted molar refractivity (Wildman–Crippen MR) is 92.6 cm³/mol. The summed E-state index contributed by atoms with van der Waals surface area (Å²) in [5.74, 6) is 1.98. The number of rotatable bonds is 3. The number of hydrogen-bond acceptors (Lipinski definition) is 6. The lowest BCUT2D eigenvalue weighted by Gasteiger charge is -2.19. The normalized spacial score (nSPS) is 12.7. The second-order valence-corrected chi connectivity index (χ2v) is 5.37. The molecule has 6 nitrogen and oxygen atoms in total. The van der Waals surface area contributed by atoms with Crippen molar-refractivity contribution in [1.29, 1.82) is 0 Å². The third-order valence-electron chi connectivity index (χ3n) is 3.64. The summed E-state index contributed by atoms with van der Waals surface area (Å²) in [5, 5.41) is 3.19. The minimum absolute atomic E-state index is 0.506. The van der Waals surface area contributed by atoms with E-state index in [9.17, 15) is 0 Å². The van der Waals surface area contributed by atoms with Crippen LogP contribution < -0.4 is 20.5 Å². The highest BCUT2D eigenvalue weighted by Crippen LogP contribution is 2.33. The highest BCUT2D eigenvalue weighted by Gasteiger charge is 2.12. The molecule has 3 N–H and O–H groups in total. The van der Waals surface area contributed by atoms with Crippen LogP contribution in [0.5, 0.6) is 11.5 Å². The number of ether oxygens (including phenoxy) is 2. The quantitative estimate of drug-likeness (QED) is 0.721. The maximum absolute atomic E-state index is 5.84. The molecule has 2 aromatic carbocycles. The molecule has 0 saturated heterocycles. The lowest BCUT2D eigenvalue weighted by Crippen LogP contribution is -2.15. The molecule has 6 heteroatoms. The van der Waals surface area contributed by atoms with E-state index in [1.807, 2.05) is 48.5 Å². The Kier molecular flexibility index (Phi) is 3.63. The molecule has 0 unspecified atom stereocenters. The van der Waals surface area contributed by atoms with E-state index in [0.29, 0.717) is 24.8 Å². The number of hydrogen-bond donors (Lipinski definition) is 2. The molecule has 1 aliphatic heterocycles. The fraction of sp³-hybridized carbons (Fsp3) is 0.111. The van der Waals surface area contributed by atoms with Crippen molar-refractivity contribution in [2.45, 2.75) is 0 Å². The van der Waals surface area contributed by atoms with Gasteiger partial charge in [0.25, 0.3) is 0 Å². The van der Waals surface area contributed by atoms with Crippen LogP contribution in [0.15, 0.2) is 54.7 Å². The zero-order valence-corrected chi connectivity index (χ0v) is 12.9. The van der Waals surface area contributed by atoms with Crippen LogP contribution in [0, 0.1) is 0 Å². The monoisotopic (exact) mass is 320 g/mol. The van der Waals surface area contributed by atoms with Crippen LogP contribution in [0.3, 0.4) is 0 Å². The molecule has 0 bridgehead atoms. The molecule has 0 spiro atoms. The Hall–Kier alpha value is -3.28. The van der Waals surface area contributed by atoms with Gasteiger partial charge < -0.3 is 20.5 Å². The van der Waals surface area contributed by atoms with Crippen LogP contribution in [-0.4, -0.2) is 23.2 Å². The zero-order chi connectivity index (χ0) is 16.4. The average Bonchev–Trinajstić information content (AvgIpc) is 2.62. The minimum Gasteiger partial charge on any atom is -0.486 e. The van der Waals surface area contributed by atoms with Gasteiger partial charge in [0, 0.05) is 29.2 Å². The van der Waals surface area contributed by atoms with Crippen molar-refractivity contribution in [3.63, 3.8) is 0 Å².